The summed E-state index contributed by atoms with van der Waals surface area (Å²) in [5.41, 5.74) is 1.55. The van der Waals surface area contributed by atoms with Crippen molar-refractivity contribution >= 4 is 16.5 Å². The van der Waals surface area contributed by atoms with Crippen LogP contribution in [0.15, 0.2) is 60.7 Å². The number of ether oxygens (including phenoxy) is 1. The molecule has 0 aliphatic heterocycles. The monoisotopic (exact) mass is 281 g/mol. The number of nitrogens with one attached hydrogen (secondary N) is 1. The van der Waals surface area contributed by atoms with Crippen LogP contribution < -0.4 is 10.1 Å². The highest BCUT2D eigenvalue weighted by molar-refractivity contribution is 5.83. The summed E-state index contributed by atoms with van der Waals surface area (Å²) in [5.74, 6) is 0.356. The fraction of sp³-hybridized carbons (Fsp3) is 0.111. The minimum Gasteiger partial charge on any atom is -0.497 e. The molecular weight excluding hydrogens is 265 g/mol. The van der Waals surface area contributed by atoms with E-state index in [1.807, 2.05) is 18.2 Å². The van der Waals surface area contributed by atoms with Gasteiger partial charge in [0.05, 0.1) is 12.8 Å². The average Bonchev–Trinajstić information content (AvgIpc) is 2.54. The van der Waals surface area contributed by atoms with Gasteiger partial charge in [0.1, 0.15) is 11.6 Å². The van der Waals surface area contributed by atoms with Crippen molar-refractivity contribution in [1.82, 2.24) is 0 Å². The number of anilines is 1. The molecule has 0 fully saturated rings. The van der Waals surface area contributed by atoms with Gasteiger partial charge < -0.3 is 10.1 Å². The largest absolute Gasteiger partial charge is 0.497 e. The first kappa shape index (κ1) is 13.4. The summed E-state index contributed by atoms with van der Waals surface area (Å²) in [5, 5.41) is 5.50. The van der Waals surface area contributed by atoms with Crippen molar-refractivity contribution in [2.24, 2.45) is 0 Å². The van der Waals surface area contributed by atoms with Gasteiger partial charge >= 0.3 is 0 Å². The standard InChI is InChI=1S/C18H16FNO/c1-21-16-8-9-17(19)18(11-16)20-12-13-6-7-14-4-2-3-5-15(14)10-13/h2-11,20H,12H2,1H3. The molecule has 3 aromatic carbocycles. The van der Waals surface area contributed by atoms with Crippen LogP contribution >= 0.6 is 0 Å². The molecule has 3 heteroatoms. The third kappa shape index (κ3) is 2.97. The van der Waals surface area contributed by atoms with Gasteiger partial charge in [0.15, 0.2) is 0 Å². The third-order valence-electron chi connectivity index (χ3n) is 3.47. The lowest BCUT2D eigenvalue weighted by Gasteiger charge is -2.10. The molecule has 1 N–H and O–H groups in total. The molecule has 0 spiro atoms. The lowest BCUT2D eigenvalue weighted by atomic mass is 10.1. The maximum atomic E-state index is 13.7. The molecule has 0 bridgehead atoms. The smallest absolute Gasteiger partial charge is 0.146 e. The summed E-state index contributed by atoms with van der Waals surface area (Å²) in [6, 6.07) is 19.1. The summed E-state index contributed by atoms with van der Waals surface area (Å²) in [6.07, 6.45) is 0. The van der Waals surface area contributed by atoms with Crippen LogP contribution in [0.4, 0.5) is 10.1 Å². The molecule has 0 saturated heterocycles. The molecule has 0 aliphatic carbocycles. The third-order valence-corrected chi connectivity index (χ3v) is 3.47. The van der Waals surface area contributed by atoms with Gasteiger partial charge in [-0.3, -0.25) is 0 Å². The maximum Gasteiger partial charge on any atom is 0.146 e. The Labute approximate surface area is 123 Å². The molecule has 0 unspecified atom stereocenters. The predicted molar refractivity (Wildman–Crippen MR) is 84.2 cm³/mol. The zero-order valence-corrected chi connectivity index (χ0v) is 11.8. The van der Waals surface area contributed by atoms with Gasteiger partial charge in [0.2, 0.25) is 0 Å². The molecule has 0 heterocycles. The maximum absolute atomic E-state index is 13.7. The van der Waals surface area contributed by atoms with Gasteiger partial charge in [-0.25, -0.2) is 4.39 Å². The number of benzene rings is 3. The van der Waals surface area contributed by atoms with Crippen LogP contribution in [0, 0.1) is 5.82 Å². The zero-order valence-electron chi connectivity index (χ0n) is 11.8. The molecule has 0 aromatic heterocycles. The highest BCUT2D eigenvalue weighted by atomic mass is 19.1. The Kier molecular flexibility index (Phi) is 3.73. The quantitative estimate of drug-likeness (QED) is 0.754. The van der Waals surface area contributed by atoms with E-state index >= 15 is 0 Å². The van der Waals surface area contributed by atoms with Crippen LogP contribution in [0.3, 0.4) is 0 Å². The topological polar surface area (TPSA) is 21.3 Å². The molecule has 3 aromatic rings. The van der Waals surface area contributed by atoms with Crippen LogP contribution in [-0.4, -0.2) is 7.11 Å². The minimum absolute atomic E-state index is 0.281. The first-order valence-electron chi connectivity index (χ1n) is 6.81. The summed E-state index contributed by atoms with van der Waals surface area (Å²) < 4.78 is 18.9. The molecule has 0 saturated carbocycles. The second-order valence-corrected chi connectivity index (χ2v) is 4.88. The Bertz CT molecular complexity index is 770. The van der Waals surface area contributed by atoms with E-state index in [2.05, 4.69) is 29.6 Å². The van der Waals surface area contributed by atoms with Crippen molar-refractivity contribution in [2.75, 3.05) is 12.4 Å². The molecule has 0 atom stereocenters. The summed E-state index contributed by atoms with van der Waals surface area (Å²) in [7, 11) is 1.57. The number of halogens is 1. The molecule has 106 valence electrons. The lowest BCUT2D eigenvalue weighted by Crippen LogP contribution is -2.01. The Morgan fingerprint density at radius 3 is 2.57 bits per heavy atom. The number of hydrogen-bond donors (Lipinski definition) is 1. The zero-order chi connectivity index (χ0) is 14.7. The number of fused-ring (bicyclic) bond motifs is 1. The highest BCUT2D eigenvalue weighted by Crippen LogP contribution is 2.22. The van der Waals surface area contributed by atoms with E-state index in [9.17, 15) is 4.39 Å². The van der Waals surface area contributed by atoms with Gasteiger partial charge in [0.25, 0.3) is 0 Å². The molecule has 0 amide bonds. The number of rotatable bonds is 4. The molecule has 0 aliphatic rings. The van der Waals surface area contributed by atoms with E-state index in [0.29, 0.717) is 18.0 Å². The van der Waals surface area contributed by atoms with E-state index in [0.717, 1.165) is 5.56 Å². The van der Waals surface area contributed by atoms with Crippen LogP contribution in [0.5, 0.6) is 5.75 Å². The van der Waals surface area contributed by atoms with Crippen LogP contribution in [0.1, 0.15) is 5.56 Å². The van der Waals surface area contributed by atoms with Crippen molar-refractivity contribution in [2.45, 2.75) is 6.54 Å². The van der Waals surface area contributed by atoms with Crippen molar-refractivity contribution in [3.8, 4) is 5.75 Å². The van der Waals surface area contributed by atoms with Crippen LogP contribution in [0.25, 0.3) is 10.8 Å². The molecular formula is C18H16FNO. The van der Waals surface area contributed by atoms with E-state index < -0.39 is 0 Å². The van der Waals surface area contributed by atoms with Gasteiger partial charge in [-0.05, 0) is 34.5 Å². The molecule has 0 radical (unpaired) electrons. The fourth-order valence-electron chi connectivity index (χ4n) is 2.31. The Balaban J connectivity index is 1.80. The molecule has 2 nitrogen and oxygen atoms in total. The SMILES string of the molecule is COc1ccc(F)c(NCc2ccc3ccccc3c2)c1. The Hall–Kier alpha value is -2.55. The summed E-state index contributed by atoms with van der Waals surface area (Å²) in [6.45, 7) is 0.564. The molecule has 3 rings (SSSR count). The second kappa shape index (κ2) is 5.83. The normalized spacial score (nSPS) is 10.6. The van der Waals surface area contributed by atoms with Gasteiger partial charge in [0, 0.05) is 12.6 Å². The van der Waals surface area contributed by atoms with Gasteiger partial charge in [-0.1, -0.05) is 36.4 Å². The Morgan fingerprint density at radius 1 is 0.952 bits per heavy atom. The number of hydrogen-bond acceptors (Lipinski definition) is 2. The summed E-state index contributed by atoms with van der Waals surface area (Å²) >= 11 is 0. The Morgan fingerprint density at radius 2 is 1.76 bits per heavy atom. The van der Waals surface area contributed by atoms with Crippen LogP contribution in [0.2, 0.25) is 0 Å². The van der Waals surface area contributed by atoms with Crippen molar-refractivity contribution in [1.29, 1.82) is 0 Å². The minimum atomic E-state index is -0.281. The fourth-order valence-corrected chi connectivity index (χ4v) is 2.31. The molecule has 21 heavy (non-hydrogen) atoms. The second-order valence-electron chi connectivity index (χ2n) is 4.88. The van der Waals surface area contributed by atoms with E-state index in [1.165, 1.54) is 16.8 Å². The first-order valence-corrected chi connectivity index (χ1v) is 6.81. The van der Waals surface area contributed by atoms with Crippen molar-refractivity contribution in [3.63, 3.8) is 0 Å². The van der Waals surface area contributed by atoms with Gasteiger partial charge in [-0.2, -0.15) is 0 Å². The van der Waals surface area contributed by atoms with Crippen molar-refractivity contribution in [3.05, 3.63) is 72.0 Å². The van der Waals surface area contributed by atoms with Gasteiger partial charge in [-0.15, -0.1) is 0 Å². The number of methoxy groups -OCH3 is 1. The first-order chi connectivity index (χ1) is 10.3. The van der Waals surface area contributed by atoms with E-state index in [-0.39, 0.29) is 5.82 Å². The van der Waals surface area contributed by atoms with E-state index in [1.54, 1.807) is 19.2 Å². The van der Waals surface area contributed by atoms with Crippen LogP contribution in [-0.2, 0) is 6.54 Å². The highest BCUT2D eigenvalue weighted by Gasteiger charge is 2.04. The summed E-state index contributed by atoms with van der Waals surface area (Å²) in [4.78, 5) is 0. The predicted octanol–water partition coefficient (Wildman–Crippen LogP) is 4.60. The van der Waals surface area contributed by atoms with Crippen molar-refractivity contribution < 1.29 is 9.13 Å². The average molecular weight is 281 g/mol. The van der Waals surface area contributed by atoms with E-state index in [4.69, 9.17) is 4.74 Å². The lowest BCUT2D eigenvalue weighted by molar-refractivity contribution is 0.414.